The number of hydrogen-bond donors (Lipinski definition) is 1. The SMILES string of the molecule is CCC(C)n1ccc(CC(O)CCc2ccc(C)cc2)n1. The van der Waals surface area contributed by atoms with E-state index in [1.807, 2.05) is 16.9 Å². The van der Waals surface area contributed by atoms with Gasteiger partial charge in [0.1, 0.15) is 0 Å². The molecule has 0 radical (unpaired) electrons. The molecule has 3 nitrogen and oxygen atoms in total. The summed E-state index contributed by atoms with van der Waals surface area (Å²) in [6.45, 7) is 6.40. The van der Waals surface area contributed by atoms with Crippen LogP contribution >= 0.6 is 0 Å². The molecule has 114 valence electrons. The van der Waals surface area contributed by atoms with E-state index in [4.69, 9.17) is 0 Å². The Balaban J connectivity index is 1.82. The molecule has 2 unspecified atom stereocenters. The van der Waals surface area contributed by atoms with E-state index in [2.05, 4.69) is 50.1 Å². The zero-order chi connectivity index (χ0) is 15.2. The Morgan fingerprint density at radius 3 is 2.57 bits per heavy atom. The second-order valence-corrected chi connectivity index (χ2v) is 5.93. The van der Waals surface area contributed by atoms with Gasteiger partial charge in [-0.3, -0.25) is 4.68 Å². The van der Waals surface area contributed by atoms with E-state index in [1.54, 1.807) is 0 Å². The van der Waals surface area contributed by atoms with Crippen LogP contribution in [-0.4, -0.2) is 21.0 Å². The van der Waals surface area contributed by atoms with Crippen LogP contribution in [-0.2, 0) is 12.8 Å². The molecule has 0 bridgehead atoms. The minimum atomic E-state index is -0.327. The molecule has 0 saturated heterocycles. The van der Waals surface area contributed by atoms with Gasteiger partial charge in [0.2, 0.25) is 0 Å². The van der Waals surface area contributed by atoms with Crippen molar-refractivity contribution in [3.8, 4) is 0 Å². The molecule has 2 atom stereocenters. The summed E-state index contributed by atoms with van der Waals surface area (Å²) in [6.07, 6.45) is 5.07. The fraction of sp³-hybridized carbons (Fsp3) is 0.500. The molecule has 0 amide bonds. The monoisotopic (exact) mass is 286 g/mol. The van der Waals surface area contributed by atoms with E-state index < -0.39 is 0 Å². The lowest BCUT2D eigenvalue weighted by Crippen LogP contribution is -2.13. The molecule has 0 fully saturated rings. The lowest BCUT2D eigenvalue weighted by Gasteiger charge is -2.10. The van der Waals surface area contributed by atoms with Crippen molar-refractivity contribution in [2.75, 3.05) is 0 Å². The van der Waals surface area contributed by atoms with Crippen molar-refractivity contribution in [3.05, 3.63) is 53.3 Å². The number of aryl methyl sites for hydroxylation is 2. The number of nitrogens with zero attached hydrogens (tertiary/aromatic N) is 2. The largest absolute Gasteiger partial charge is 0.393 e. The predicted molar refractivity (Wildman–Crippen MR) is 86.4 cm³/mol. The fourth-order valence-electron chi connectivity index (χ4n) is 2.35. The first kappa shape index (κ1) is 15.8. The number of aromatic nitrogens is 2. The molecule has 1 heterocycles. The molecule has 0 saturated carbocycles. The van der Waals surface area contributed by atoms with Gasteiger partial charge in [-0.1, -0.05) is 36.8 Å². The van der Waals surface area contributed by atoms with E-state index in [0.717, 1.165) is 25.0 Å². The van der Waals surface area contributed by atoms with Crippen LogP contribution in [0.25, 0.3) is 0 Å². The Kier molecular flexibility index (Phi) is 5.57. The van der Waals surface area contributed by atoms with Crippen LogP contribution in [0.5, 0.6) is 0 Å². The summed E-state index contributed by atoms with van der Waals surface area (Å²) in [6, 6.07) is 11.0. The molecule has 21 heavy (non-hydrogen) atoms. The summed E-state index contributed by atoms with van der Waals surface area (Å²) in [5, 5.41) is 14.7. The van der Waals surface area contributed by atoms with Crippen molar-refractivity contribution in [1.82, 2.24) is 9.78 Å². The Bertz CT molecular complexity index is 545. The highest BCUT2D eigenvalue weighted by molar-refractivity contribution is 5.21. The molecule has 0 aliphatic heterocycles. The molecule has 0 aliphatic rings. The Morgan fingerprint density at radius 2 is 1.90 bits per heavy atom. The maximum atomic E-state index is 10.2. The van der Waals surface area contributed by atoms with Gasteiger partial charge in [-0.2, -0.15) is 5.10 Å². The third kappa shape index (κ3) is 4.71. The predicted octanol–water partition coefficient (Wildman–Crippen LogP) is 3.70. The van der Waals surface area contributed by atoms with Crippen molar-refractivity contribution in [3.63, 3.8) is 0 Å². The van der Waals surface area contributed by atoms with E-state index >= 15 is 0 Å². The third-order valence-electron chi connectivity index (χ3n) is 4.04. The molecule has 1 aromatic carbocycles. The van der Waals surface area contributed by atoms with Crippen LogP contribution < -0.4 is 0 Å². The number of rotatable bonds is 7. The van der Waals surface area contributed by atoms with Gasteiger partial charge >= 0.3 is 0 Å². The summed E-state index contributed by atoms with van der Waals surface area (Å²) >= 11 is 0. The van der Waals surface area contributed by atoms with Crippen LogP contribution in [0.2, 0.25) is 0 Å². The first-order chi connectivity index (χ1) is 10.1. The van der Waals surface area contributed by atoms with E-state index in [-0.39, 0.29) is 6.10 Å². The minimum absolute atomic E-state index is 0.327. The summed E-state index contributed by atoms with van der Waals surface area (Å²) in [5.41, 5.74) is 3.53. The summed E-state index contributed by atoms with van der Waals surface area (Å²) in [7, 11) is 0. The van der Waals surface area contributed by atoms with Gasteiger partial charge in [0, 0.05) is 18.7 Å². The van der Waals surface area contributed by atoms with Gasteiger partial charge < -0.3 is 5.11 Å². The van der Waals surface area contributed by atoms with Gasteiger partial charge in [-0.25, -0.2) is 0 Å². The van der Waals surface area contributed by atoms with Gasteiger partial charge in [0.15, 0.2) is 0 Å². The molecular weight excluding hydrogens is 260 g/mol. The lowest BCUT2D eigenvalue weighted by atomic mass is 10.0. The summed E-state index contributed by atoms with van der Waals surface area (Å²) in [5.74, 6) is 0. The number of hydrogen-bond acceptors (Lipinski definition) is 2. The standard InChI is InChI=1S/C18H26N2O/c1-4-15(3)20-12-11-17(19-20)13-18(21)10-9-16-7-5-14(2)6-8-16/h5-8,11-12,15,18,21H,4,9-10,13H2,1-3H3. The summed E-state index contributed by atoms with van der Waals surface area (Å²) < 4.78 is 1.99. The Hall–Kier alpha value is -1.61. The number of aliphatic hydroxyl groups excluding tert-OH is 1. The van der Waals surface area contributed by atoms with E-state index in [9.17, 15) is 5.11 Å². The third-order valence-corrected chi connectivity index (χ3v) is 4.04. The van der Waals surface area contributed by atoms with Crippen LogP contribution in [0.3, 0.4) is 0 Å². The molecule has 2 rings (SSSR count). The van der Waals surface area contributed by atoms with Crippen molar-refractivity contribution in [2.24, 2.45) is 0 Å². The highest BCUT2D eigenvalue weighted by atomic mass is 16.3. The number of aliphatic hydroxyl groups is 1. The topological polar surface area (TPSA) is 38.0 Å². The van der Waals surface area contributed by atoms with Crippen molar-refractivity contribution >= 4 is 0 Å². The summed E-state index contributed by atoms with van der Waals surface area (Å²) in [4.78, 5) is 0. The maximum Gasteiger partial charge on any atom is 0.0650 e. The van der Waals surface area contributed by atoms with E-state index in [1.165, 1.54) is 11.1 Å². The van der Waals surface area contributed by atoms with Crippen molar-refractivity contribution in [1.29, 1.82) is 0 Å². The zero-order valence-corrected chi connectivity index (χ0v) is 13.3. The second kappa shape index (κ2) is 7.41. The highest BCUT2D eigenvalue weighted by Crippen LogP contribution is 2.13. The quantitative estimate of drug-likeness (QED) is 0.843. The Labute approximate surface area is 127 Å². The molecule has 1 N–H and O–H groups in total. The maximum absolute atomic E-state index is 10.2. The van der Waals surface area contributed by atoms with Gasteiger partial charge in [-0.15, -0.1) is 0 Å². The zero-order valence-electron chi connectivity index (χ0n) is 13.3. The lowest BCUT2D eigenvalue weighted by molar-refractivity contribution is 0.163. The van der Waals surface area contributed by atoms with Gasteiger partial charge in [0.05, 0.1) is 11.8 Å². The minimum Gasteiger partial charge on any atom is -0.393 e. The first-order valence-electron chi connectivity index (χ1n) is 7.86. The molecular formula is C18H26N2O. The highest BCUT2D eigenvalue weighted by Gasteiger charge is 2.10. The second-order valence-electron chi connectivity index (χ2n) is 5.93. The fourth-order valence-corrected chi connectivity index (χ4v) is 2.35. The van der Waals surface area contributed by atoms with E-state index in [0.29, 0.717) is 12.5 Å². The number of benzene rings is 1. The molecule has 2 aromatic rings. The van der Waals surface area contributed by atoms with Crippen LogP contribution in [0.4, 0.5) is 0 Å². The van der Waals surface area contributed by atoms with Gasteiger partial charge in [-0.05, 0) is 44.7 Å². The average Bonchev–Trinajstić information content (AvgIpc) is 2.94. The smallest absolute Gasteiger partial charge is 0.0650 e. The molecule has 3 heteroatoms. The molecule has 0 spiro atoms. The van der Waals surface area contributed by atoms with Gasteiger partial charge in [0.25, 0.3) is 0 Å². The van der Waals surface area contributed by atoms with Crippen LogP contribution in [0.1, 0.15) is 49.6 Å². The normalized spacial score (nSPS) is 14.1. The molecule has 1 aromatic heterocycles. The van der Waals surface area contributed by atoms with Crippen LogP contribution in [0, 0.1) is 6.92 Å². The molecule has 0 aliphatic carbocycles. The first-order valence-corrected chi connectivity index (χ1v) is 7.86. The average molecular weight is 286 g/mol. The Morgan fingerprint density at radius 1 is 1.19 bits per heavy atom. The van der Waals surface area contributed by atoms with Crippen molar-refractivity contribution < 1.29 is 5.11 Å². The van der Waals surface area contributed by atoms with Crippen LogP contribution in [0.15, 0.2) is 36.5 Å². The van der Waals surface area contributed by atoms with Crippen molar-refractivity contribution in [2.45, 2.75) is 58.6 Å².